The normalized spacial score (nSPS) is 11.3. The molecule has 4 aromatic rings. The molecule has 0 spiro atoms. The van der Waals surface area contributed by atoms with Crippen molar-refractivity contribution in [3.8, 4) is 16.9 Å². The van der Waals surface area contributed by atoms with Crippen molar-refractivity contribution in [3.63, 3.8) is 0 Å². The van der Waals surface area contributed by atoms with Crippen molar-refractivity contribution in [1.82, 2.24) is 4.90 Å². The molecule has 0 bridgehead atoms. The number of anilines is 1. The van der Waals surface area contributed by atoms with E-state index in [4.69, 9.17) is 14.2 Å². The molecule has 0 radical (unpaired) electrons. The Morgan fingerprint density at radius 3 is 1.96 bits per heavy atom. The fourth-order valence-corrected chi connectivity index (χ4v) is 5.38. The quantitative estimate of drug-likeness (QED) is 0.0663. The van der Waals surface area contributed by atoms with Crippen molar-refractivity contribution in [2.45, 2.75) is 32.0 Å². The average Bonchev–Trinajstić information content (AvgIpc) is 3.13. The van der Waals surface area contributed by atoms with Gasteiger partial charge in [-0.1, -0.05) is 60.7 Å². The summed E-state index contributed by atoms with van der Waals surface area (Å²) in [6.45, 7) is 2.24. The summed E-state index contributed by atoms with van der Waals surface area (Å²) in [5.41, 5.74) is -1.39. The van der Waals surface area contributed by atoms with E-state index in [0.717, 1.165) is 18.2 Å². The van der Waals surface area contributed by atoms with Crippen LogP contribution >= 0.6 is 0 Å². The number of hydrogen-bond donors (Lipinski definition) is 1. The molecule has 15 heteroatoms. The molecule has 0 saturated heterocycles. The van der Waals surface area contributed by atoms with Gasteiger partial charge in [-0.2, -0.15) is 0 Å². The Hall–Kier alpha value is -6.25. The number of alkyl halides is 3. The third-order valence-corrected chi connectivity index (χ3v) is 7.92. The van der Waals surface area contributed by atoms with E-state index in [2.05, 4.69) is 10.1 Å². The van der Waals surface area contributed by atoms with Crippen molar-refractivity contribution in [1.29, 1.82) is 0 Å². The molecule has 0 aliphatic rings. The standard InChI is InChI=1S/C39H36F4N2O9/c1-5-51-36(49)38(37(50)52-6-2,26-12-8-7-9-13-26)23-53-33(46)21-24-16-18-31(29(20-24)35(48)45(3)4)44-34(47)28-15-11-10-14-27(28)25-17-19-32(30(40)22-25)54-39(41,42)43/h7-20,22H,5-6,21,23H2,1-4H3,(H,44,47). The summed E-state index contributed by atoms with van der Waals surface area (Å²) < 4.78 is 72.2. The van der Waals surface area contributed by atoms with Gasteiger partial charge in [-0.15, -0.1) is 13.2 Å². The number of benzene rings is 4. The maximum absolute atomic E-state index is 14.6. The van der Waals surface area contributed by atoms with Crippen molar-refractivity contribution in [2.24, 2.45) is 0 Å². The third-order valence-electron chi connectivity index (χ3n) is 7.92. The lowest BCUT2D eigenvalue weighted by Crippen LogP contribution is -2.50. The van der Waals surface area contributed by atoms with Crippen LogP contribution in [0.4, 0.5) is 23.2 Å². The molecule has 0 aliphatic carbocycles. The molecule has 0 unspecified atom stereocenters. The molecule has 0 heterocycles. The number of carbonyl (C=O) groups is 5. The Kier molecular flexibility index (Phi) is 13.1. The largest absolute Gasteiger partial charge is 0.573 e. The SMILES string of the molecule is CCOC(=O)C(COC(=O)Cc1ccc(NC(=O)c2ccccc2-c2ccc(OC(F)(F)F)c(F)c2)c(C(=O)N(C)C)c1)(C(=O)OCC)c1ccccc1. The highest BCUT2D eigenvalue weighted by Crippen LogP contribution is 2.33. The molecule has 54 heavy (non-hydrogen) atoms. The van der Waals surface area contributed by atoms with Gasteiger partial charge in [0, 0.05) is 19.7 Å². The fraction of sp³-hybridized carbons (Fsp3) is 0.256. The van der Waals surface area contributed by atoms with Gasteiger partial charge in [-0.05, 0) is 66.4 Å². The summed E-state index contributed by atoms with van der Waals surface area (Å²) in [5, 5.41) is 2.65. The molecule has 1 N–H and O–H groups in total. The lowest BCUT2D eigenvalue weighted by molar-refractivity contribution is -0.275. The number of nitrogens with one attached hydrogen (secondary N) is 1. The minimum absolute atomic E-state index is 0.00222. The highest BCUT2D eigenvalue weighted by molar-refractivity contribution is 6.12. The van der Waals surface area contributed by atoms with Crippen LogP contribution in [0.3, 0.4) is 0 Å². The first-order valence-electron chi connectivity index (χ1n) is 16.5. The molecular formula is C39H36F4N2O9. The van der Waals surface area contributed by atoms with Crippen molar-refractivity contribution >= 4 is 35.4 Å². The predicted molar refractivity (Wildman–Crippen MR) is 187 cm³/mol. The molecule has 4 aromatic carbocycles. The maximum Gasteiger partial charge on any atom is 0.573 e. The van der Waals surface area contributed by atoms with Crippen LogP contribution < -0.4 is 10.1 Å². The average molecular weight is 753 g/mol. The number of carbonyl (C=O) groups excluding carboxylic acids is 5. The number of amides is 2. The highest BCUT2D eigenvalue weighted by Gasteiger charge is 2.52. The van der Waals surface area contributed by atoms with Gasteiger partial charge < -0.3 is 29.2 Å². The van der Waals surface area contributed by atoms with Crippen molar-refractivity contribution in [2.75, 3.05) is 39.2 Å². The minimum Gasteiger partial charge on any atom is -0.465 e. The van der Waals surface area contributed by atoms with Crippen LogP contribution in [0.25, 0.3) is 11.1 Å². The van der Waals surface area contributed by atoms with Gasteiger partial charge in [-0.3, -0.25) is 24.0 Å². The van der Waals surface area contributed by atoms with E-state index in [1.54, 1.807) is 38.1 Å². The summed E-state index contributed by atoms with van der Waals surface area (Å²) in [7, 11) is 2.94. The third kappa shape index (κ3) is 9.59. The lowest BCUT2D eigenvalue weighted by atomic mass is 9.81. The van der Waals surface area contributed by atoms with Gasteiger partial charge in [0.2, 0.25) is 5.41 Å². The van der Waals surface area contributed by atoms with E-state index >= 15 is 0 Å². The van der Waals surface area contributed by atoms with Crippen molar-refractivity contribution < 1.29 is 60.5 Å². The number of halogens is 4. The van der Waals surface area contributed by atoms with E-state index in [-0.39, 0.29) is 52.3 Å². The van der Waals surface area contributed by atoms with Crippen LogP contribution in [0.1, 0.15) is 45.7 Å². The van der Waals surface area contributed by atoms with Gasteiger partial charge >= 0.3 is 24.3 Å². The number of esters is 3. The monoisotopic (exact) mass is 752 g/mol. The van der Waals surface area contributed by atoms with Crippen LogP contribution in [0.15, 0.2) is 91.0 Å². The molecule has 0 atom stereocenters. The van der Waals surface area contributed by atoms with Gasteiger partial charge in [0.15, 0.2) is 11.6 Å². The minimum atomic E-state index is -5.11. The predicted octanol–water partition coefficient (Wildman–Crippen LogP) is 6.50. The summed E-state index contributed by atoms with van der Waals surface area (Å²) >= 11 is 0. The number of ether oxygens (including phenoxy) is 4. The maximum atomic E-state index is 14.6. The Morgan fingerprint density at radius 1 is 0.741 bits per heavy atom. The van der Waals surface area contributed by atoms with E-state index in [1.807, 2.05) is 0 Å². The molecule has 0 fully saturated rings. The Labute approximate surface area is 307 Å². The van der Waals surface area contributed by atoms with Crippen LogP contribution in [-0.2, 0) is 40.4 Å². The molecular weight excluding hydrogens is 716 g/mol. The Bertz CT molecular complexity index is 2000. The van der Waals surface area contributed by atoms with Crippen LogP contribution in [0.2, 0.25) is 0 Å². The van der Waals surface area contributed by atoms with Gasteiger partial charge in [0.25, 0.3) is 11.8 Å². The van der Waals surface area contributed by atoms with Crippen LogP contribution in [0, 0.1) is 5.82 Å². The summed E-state index contributed by atoms with van der Waals surface area (Å²) in [6.07, 6.45) is -5.53. The second kappa shape index (κ2) is 17.5. The van der Waals surface area contributed by atoms with Gasteiger partial charge in [0.05, 0.1) is 30.9 Å². The van der Waals surface area contributed by atoms with Crippen LogP contribution in [-0.4, -0.2) is 74.9 Å². The summed E-state index contributed by atoms with van der Waals surface area (Å²) in [5.74, 6) is -6.45. The van der Waals surface area contributed by atoms with E-state index in [0.29, 0.717) is 0 Å². The van der Waals surface area contributed by atoms with Crippen LogP contribution in [0.5, 0.6) is 5.75 Å². The second-order valence-electron chi connectivity index (χ2n) is 11.8. The van der Waals surface area contributed by atoms with Gasteiger partial charge in [-0.25, -0.2) is 4.39 Å². The van der Waals surface area contributed by atoms with Crippen molar-refractivity contribution in [3.05, 3.63) is 119 Å². The molecule has 11 nitrogen and oxygen atoms in total. The molecule has 2 amide bonds. The first kappa shape index (κ1) is 40.5. The zero-order valence-electron chi connectivity index (χ0n) is 29.6. The fourth-order valence-electron chi connectivity index (χ4n) is 5.38. The topological polar surface area (TPSA) is 138 Å². The highest BCUT2D eigenvalue weighted by atomic mass is 19.4. The van der Waals surface area contributed by atoms with E-state index in [1.165, 1.54) is 67.5 Å². The van der Waals surface area contributed by atoms with E-state index in [9.17, 15) is 41.5 Å². The smallest absolute Gasteiger partial charge is 0.465 e. The zero-order valence-corrected chi connectivity index (χ0v) is 29.6. The number of nitrogens with zero attached hydrogens (tertiary/aromatic N) is 1. The molecule has 4 rings (SSSR count). The molecule has 284 valence electrons. The number of hydrogen-bond acceptors (Lipinski definition) is 9. The first-order chi connectivity index (χ1) is 25.6. The zero-order chi connectivity index (χ0) is 39.6. The molecule has 0 aliphatic heterocycles. The number of rotatable bonds is 14. The van der Waals surface area contributed by atoms with E-state index < -0.39 is 66.1 Å². The summed E-state index contributed by atoms with van der Waals surface area (Å²) in [6, 6.07) is 20.8. The second-order valence-corrected chi connectivity index (χ2v) is 11.8. The summed E-state index contributed by atoms with van der Waals surface area (Å²) in [4.78, 5) is 67.9. The molecule has 0 saturated carbocycles. The Morgan fingerprint density at radius 2 is 1.37 bits per heavy atom. The first-order valence-corrected chi connectivity index (χ1v) is 16.5. The lowest BCUT2D eigenvalue weighted by Gasteiger charge is -2.29. The molecule has 0 aromatic heterocycles. The van der Waals surface area contributed by atoms with Gasteiger partial charge in [0.1, 0.15) is 6.61 Å². The Balaban J connectivity index is 1.60.